The van der Waals surface area contributed by atoms with E-state index in [1.54, 1.807) is 7.11 Å². The van der Waals surface area contributed by atoms with Crippen molar-refractivity contribution in [3.05, 3.63) is 48.5 Å². The van der Waals surface area contributed by atoms with Crippen LogP contribution in [-0.2, 0) is 9.53 Å². The first-order chi connectivity index (χ1) is 13.6. The maximum Gasteiger partial charge on any atom is 0.233 e. The average Bonchev–Trinajstić information content (AvgIpc) is 2.72. The van der Waals surface area contributed by atoms with E-state index in [0.29, 0.717) is 19.0 Å². The van der Waals surface area contributed by atoms with Gasteiger partial charge in [0.05, 0.1) is 18.6 Å². The Morgan fingerprint density at radius 2 is 1.57 bits per heavy atom. The van der Waals surface area contributed by atoms with E-state index in [9.17, 15) is 4.79 Å². The van der Waals surface area contributed by atoms with Crippen molar-refractivity contribution in [2.45, 2.75) is 19.8 Å². The van der Waals surface area contributed by atoms with Crippen LogP contribution in [-0.4, -0.2) is 39.3 Å². The van der Waals surface area contributed by atoms with Crippen molar-refractivity contribution < 1.29 is 19.0 Å². The van der Waals surface area contributed by atoms with Crippen LogP contribution < -0.4 is 20.1 Å². The van der Waals surface area contributed by atoms with Crippen molar-refractivity contribution in [1.82, 2.24) is 5.32 Å². The molecule has 1 aliphatic heterocycles. The molecule has 0 radical (unpaired) electrons. The highest BCUT2D eigenvalue weighted by Gasteiger charge is 2.39. The van der Waals surface area contributed by atoms with E-state index in [1.807, 2.05) is 55.5 Å². The molecule has 1 aliphatic rings. The zero-order valence-electron chi connectivity index (χ0n) is 16.5. The molecule has 3 rings (SSSR count). The normalized spacial score (nSPS) is 15.6. The monoisotopic (exact) mass is 384 g/mol. The summed E-state index contributed by atoms with van der Waals surface area (Å²) in [5.41, 5.74) is 0.273. The fourth-order valence-electron chi connectivity index (χ4n) is 3.40. The van der Waals surface area contributed by atoms with Gasteiger partial charge in [-0.05, 0) is 81.4 Å². The number of hydrogen-bond donors (Lipinski definition) is 2. The van der Waals surface area contributed by atoms with Gasteiger partial charge in [0.25, 0.3) is 0 Å². The maximum absolute atomic E-state index is 12.9. The molecule has 6 nitrogen and oxygen atoms in total. The second-order valence-electron chi connectivity index (χ2n) is 6.95. The summed E-state index contributed by atoms with van der Waals surface area (Å²) in [7, 11) is 1.64. The lowest BCUT2D eigenvalue weighted by Gasteiger charge is -2.35. The van der Waals surface area contributed by atoms with Gasteiger partial charge in [-0.3, -0.25) is 4.79 Å². The number of piperidine rings is 1. The van der Waals surface area contributed by atoms with Crippen molar-refractivity contribution in [2.75, 3.05) is 38.7 Å². The van der Waals surface area contributed by atoms with E-state index >= 15 is 0 Å². The summed E-state index contributed by atoms with van der Waals surface area (Å²) >= 11 is 0. The number of hydrogen-bond acceptors (Lipinski definition) is 5. The van der Waals surface area contributed by atoms with E-state index in [1.165, 1.54) is 0 Å². The molecule has 0 aliphatic carbocycles. The standard InChI is InChI=1S/C22H28N2O4/c1-3-27-18-8-10-20(11-9-18)28-19-6-4-17(5-7-19)24-21(25)22(16-26-2)12-14-23-15-13-22/h4-11,23H,3,12-16H2,1-2H3,(H,24,25). The summed E-state index contributed by atoms with van der Waals surface area (Å²) in [5, 5.41) is 6.33. The van der Waals surface area contributed by atoms with Gasteiger partial charge in [0.15, 0.2) is 0 Å². The largest absolute Gasteiger partial charge is 0.494 e. The van der Waals surface area contributed by atoms with Gasteiger partial charge in [-0.25, -0.2) is 0 Å². The van der Waals surface area contributed by atoms with Gasteiger partial charge in [0, 0.05) is 12.8 Å². The lowest BCUT2D eigenvalue weighted by Crippen LogP contribution is -2.47. The highest BCUT2D eigenvalue weighted by atomic mass is 16.5. The minimum atomic E-state index is -0.475. The van der Waals surface area contributed by atoms with Gasteiger partial charge in [0.2, 0.25) is 5.91 Å². The molecule has 6 heteroatoms. The summed E-state index contributed by atoms with van der Waals surface area (Å²) in [6.45, 7) is 4.67. The number of methoxy groups -OCH3 is 1. The number of carbonyl (C=O) groups is 1. The van der Waals surface area contributed by atoms with Crippen LogP contribution >= 0.6 is 0 Å². The van der Waals surface area contributed by atoms with Crippen LogP contribution in [0.1, 0.15) is 19.8 Å². The van der Waals surface area contributed by atoms with Crippen LogP contribution in [0.15, 0.2) is 48.5 Å². The number of rotatable bonds is 8. The highest BCUT2D eigenvalue weighted by Crippen LogP contribution is 2.31. The molecule has 0 bridgehead atoms. The molecular formula is C22H28N2O4. The molecule has 1 fully saturated rings. The van der Waals surface area contributed by atoms with Gasteiger partial charge in [-0.2, -0.15) is 0 Å². The molecule has 0 atom stereocenters. The first kappa shape index (κ1) is 20.2. The maximum atomic E-state index is 12.9. The van der Waals surface area contributed by atoms with Crippen LogP contribution in [0, 0.1) is 5.41 Å². The molecule has 2 N–H and O–H groups in total. The number of nitrogens with one attached hydrogen (secondary N) is 2. The third-order valence-electron chi connectivity index (χ3n) is 4.95. The number of ether oxygens (including phenoxy) is 3. The molecule has 28 heavy (non-hydrogen) atoms. The Balaban J connectivity index is 1.61. The van der Waals surface area contributed by atoms with Crippen molar-refractivity contribution in [3.63, 3.8) is 0 Å². The molecule has 2 aromatic carbocycles. The lowest BCUT2D eigenvalue weighted by atomic mass is 9.78. The van der Waals surface area contributed by atoms with Gasteiger partial charge in [-0.15, -0.1) is 0 Å². The Morgan fingerprint density at radius 3 is 2.14 bits per heavy atom. The highest BCUT2D eigenvalue weighted by molar-refractivity contribution is 5.95. The van der Waals surface area contributed by atoms with Crippen molar-refractivity contribution >= 4 is 11.6 Å². The number of anilines is 1. The number of amides is 1. The van der Waals surface area contributed by atoms with Gasteiger partial charge >= 0.3 is 0 Å². The molecule has 2 aromatic rings. The van der Waals surface area contributed by atoms with Crippen LogP contribution in [0.3, 0.4) is 0 Å². The minimum absolute atomic E-state index is 0.0102. The van der Waals surface area contributed by atoms with E-state index in [2.05, 4.69) is 10.6 Å². The molecule has 0 saturated carbocycles. The van der Waals surface area contributed by atoms with E-state index in [-0.39, 0.29) is 5.91 Å². The molecule has 0 aromatic heterocycles. The molecule has 1 amide bonds. The molecular weight excluding hydrogens is 356 g/mol. The molecule has 0 spiro atoms. The minimum Gasteiger partial charge on any atom is -0.494 e. The SMILES string of the molecule is CCOc1ccc(Oc2ccc(NC(=O)C3(COC)CCNCC3)cc2)cc1. The summed E-state index contributed by atoms with van der Waals surface area (Å²) in [5.74, 6) is 2.26. The topological polar surface area (TPSA) is 68.8 Å². The summed E-state index contributed by atoms with van der Waals surface area (Å²) in [6.07, 6.45) is 1.54. The van der Waals surface area contributed by atoms with Crippen molar-refractivity contribution in [2.24, 2.45) is 5.41 Å². The molecule has 0 unspecified atom stereocenters. The fraction of sp³-hybridized carbons (Fsp3) is 0.409. The van der Waals surface area contributed by atoms with Crippen molar-refractivity contribution in [3.8, 4) is 17.2 Å². The van der Waals surface area contributed by atoms with Crippen LogP contribution in [0.5, 0.6) is 17.2 Å². The average molecular weight is 384 g/mol. The third-order valence-corrected chi connectivity index (χ3v) is 4.95. The summed E-state index contributed by atoms with van der Waals surface area (Å²) in [4.78, 5) is 12.9. The Bertz CT molecular complexity index is 748. The van der Waals surface area contributed by atoms with Crippen molar-refractivity contribution in [1.29, 1.82) is 0 Å². The number of carbonyl (C=O) groups excluding carboxylic acids is 1. The van der Waals surface area contributed by atoms with E-state index in [0.717, 1.165) is 43.1 Å². The Hall–Kier alpha value is -2.57. The number of benzene rings is 2. The van der Waals surface area contributed by atoms with E-state index < -0.39 is 5.41 Å². The first-order valence-electron chi connectivity index (χ1n) is 9.67. The molecule has 1 saturated heterocycles. The van der Waals surface area contributed by atoms with Crippen LogP contribution in [0.2, 0.25) is 0 Å². The zero-order valence-corrected chi connectivity index (χ0v) is 16.5. The van der Waals surface area contributed by atoms with E-state index in [4.69, 9.17) is 14.2 Å². The smallest absolute Gasteiger partial charge is 0.233 e. The van der Waals surface area contributed by atoms with Gasteiger partial charge in [0.1, 0.15) is 17.2 Å². The predicted octanol–water partition coefficient (Wildman–Crippen LogP) is 3.83. The predicted molar refractivity (Wildman–Crippen MR) is 109 cm³/mol. The second-order valence-corrected chi connectivity index (χ2v) is 6.95. The zero-order chi connectivity index (χ0) is 19.8. The fourth-order valence-corrected chi connectivity index (χ4v) is 3.40. The van der Waals surface area contributed by atoms with Crippen LogP contribution in [0.4, 0.5) is 5.69 Å². The van der Waals surface area contributed by atoms with Crippen LogP contribution in [0.25, 0.3) is 0 Å². The third kappa shape index (κ3) is 5.03. The second kappa shape index (κ2) is 9.57. The Labute approximate surface area is 166 Å². The molecule has 150 valence electrons. The summed E-state index contributed by atoms with van der Waals surface area (Å²) in [6, 6.07) is 14.9. The lowest BCUT2D eigenvalue weighted by molar-refractivity contribution is -0.130. The van der Waals surface area contributed by atoms with Gasteiger partial charge < -0.3 is 24.8 Å². The Kier molecular flexibility index (Phi) is 6.90. The quantitative estimate of drug-likeness (QED) is 0.724. The molecule has 1 heterocycles. The van der Waals surface area contributed by atoms with Gasteiger partial charge in [-0.1, -0.05) is 0 Å². The first-order valence-corrected chi connectivity index (χ1v) is 9.67. The Morgan fingerprint density at radius 1 is 1.00 bits per heavy atom. The summed E-state index contributed by atoms with van der Waals surface area (Å²) < 4.78 is 16.6.